The number of hydrogen-bond acceptors (Lipinski definition) is 4. The number of nitrogens with zero attached hydrogens (tertiary/aromatic N) is 1. The third kappa shape index (κ3) is 1.77. The molecule has 2 aliphatic heterocycles. The molecule has 0 aromatic heterocycles. The Hall–Kier alpha value is -1.52. The molecule has 88 valence electrons. The van der Waals surface area contributed by atoms with Crippen molar-refractivity contribution in [3.8, 4) is 0 Å². The highest BCUT2D eigenvalue weighted by Crippen LogP contribution is 2.31. The summed E-state index contributed by atoms with van der Waals surface area (Å²) in [7, 11) is 0. The van der Waals surface area contributed by atoms with Gasteiger partial charge < -0.3 is 9.47 Å². The third-order valence-corrected chi connectivity index (χ3v) is 2.51. The van der Waals surface area contributed by atoms with Crippen molar-refractivity contribution in [2.75, 3.05) is 13.1 Å². The molecular formula is C11H15NO4. The highest BCUT2D eigenvalue weighted by atomic mass is 16.6. The summed E-state index contributed by atoms with van der Waals surface area (Å²) in [4.78, 5) is 24.5. The molecule has 1 amide bonds. The van der Waals surface area contributed by atoms with E-state index in [0.29, 0.717) is 0 Å². The molecule has 0 saturated carbocycles. The number of hydrogen-bond donors (Lipinski definition) is 0. The summed E-state index contributed by atoms with van der Waals surface area (Å²) in [5.41, 5.74) is -1.34. The molecule has 1 spiro atoms. The molecular weight excluding hydrogens is 210 g/mol. The molecule has 5 heteroatoms. The maximum Gasteiger partial charge on any atom is 0.410 e. The van der Waals surface area contributed by atoms with Crippen LogP contribution in [0.15, 0.2) is 12.3 Å². The summed E-state index contributed by atoms with van der Waals surface area (Å²) in [5.74, 6) is -0.0766. The lowest BCUT2D eigenvalue weighted by molar-refractivity contribution is -0.145. The fraction of sp³-hybridized carbons (Fsp3) is 0.636. The summed E-state index contributed by atoms with van der Waals surface area (Å²) in [5, 5.41) is 0. The molecule has 1 saturated heterocycles. The molecule has 0 atom stereocenters. The van der Waals surface area contributed by atoms with Gasteiger partial charge in [0.25, 0.3) is 0 Å². The number of amides is 1. The first-order chi connectivity index (χ1) is 7.32. The second-order valence-electron chi connectivity index (χ2n) is 5.12. The minimum absolute atomic E-state index is 0.0766. The Labute approximate surface area is 94.0 Å². The summed E-state index contributed by atoms with van der Waals surface area (Å²) in [6.07, 6.45) is 2.38. The van der Waals surface area contributed by atoms with Crippen LogP contribution < -0.4 is 0 Å². The zero-order chi connectivity index (χ0) is 12.0. The van der Waals surface area contributed by atoms with Crippen molar-refractivity contribution in [3.05, 3.63) is 12.3 Å². The van der Waals surface area contributed by atoms with Crippen LogP contribution >= 0.6 is 0 Å². The first-order valence-electron chi connectivity index (χ1n) is 5.19. The van der Waals surface area contributed by atoms with Crippen LogP contribution in [0.25, 0.3) is 0 Å². The van der Waals surface area contributed by atoms with E-state index in [1.165, 1.54) is 17.2 Å². The molecule has 2 rings (SSSR count). The standard InChI is InChI=1S/C11H15NO4/c1-10(2,3)16-9(14)12-6-11(7-12)8(13)4-5-15-11/h4-5H,6-7H2,1-3H3. The van der Waals surface area contributed by atoms with E-state index in [-0.39, 0.29) is 18.9 Å². The summed E-state index contributed by atoms with van der Waals surface area (Å²) in [6, 6.07) is 0. The average molecular weight is 225 g/mol. The normalized spacial score (nSPS) is 21.9. The van der Waals surface area contributed by atoms with Crippen LogP contribution in [0.2, 0.25) is 0 Å². The Kier molecular flexibility index (Phi) is 2.22. The van der Waals surface area contributed by atoms with Crippen molar-refractivity contribution < 1.29 is 19.1 Å². The quantitative estimate of drug-likeness (QED) is 0.619. The van der Waals surface area contributed by atoms with Crippen LogP contribution in [0, 0.1) is 0 Å². The van der Waals surface area contributed by atoms with Crippen molar-refractivity contribution in [2.45, 2.75) is 32.0 Å². The van der Waals surface area contributed by atoms with Gasteiger partial charge in [0.2, 0.25) is 11.4 Å². The number of carbonyl (C=O) groups excluding carboxylic acids is 2. The van der Waals surface area contributed by atoms with Crippen LogP contribution in [-0.2, 0) is 14.3 Å². The van der Waals surface area contributed by atoms with E-state index in [0.717, 1.165) is 0 Å². The molecule has 16 heavy (non-hydrogen) atoms. The fourth-order valence-corrected chi connectivity index (χ4v) is 1.69. The lowest BCUT2D eigenvalue weighted by Crippen LogP contribution is -2.67. The Morgan fingerprint density at radius 3 is 2.56 bits per heavy atom. The molecule has 0 bridgehead atoms. The van der Waals surface area contributed by atoms with Gasteiger partial charge in [0, 0.05) is 6.08 Å². The average Bonchev–Trinajstić information content (AvgIpc) is 2.40. The van der Waals surface area contributed by atoms with E-state index in [9.17, 15) is 9.59 Å². The van der Waals surface area contributed by atoms with Crippen molar-refractivity contribution in [3.63, 3.8) is 0 Å². The Morgan fingerprint density at radius 1 is 1.50 bits per heavy atom. The van der Waals surface area contributed by atoms with Crippen molar-refractivity contribution in [2.24, 2.45) is 0 Å². The molecule has 2 aliphatic rings. The van der Waals surface area contributed by atoms with E-state index >= 15 is 0 Å². The molecule has 0 unspecified atom stereocenters. The minimum atomic E-state index is -0.823. The van der Waals surface area contributed by atoms with Crippen molar-refractivity contribution in [1.29, 1.82) is 0 Å². The summed E-state index contributed by atoms with van der Waals surface area (Å²) >= 11 is 0. The van der Waals surface area contributed by atoms with Crippen LogP contribution in [0.5, 0.6) is 0 Å². The van der Waals surface area contributed by atoms with Gasteiger partial charge in [-0.1, -0.05) is 0 Å². The lowest BCUT2D eigenvalue weighted by Gasteiger charge is -2.45. The van der Waals surface area contributed by atoms with Crippen molar-refractivity contribution in [1.82, 2.24) is 4.90 Å². The van der Waals surface area contributed by atoms with E-state index in [4.69, 9.17) is 9.47 Å². The number of rotatable bonds is 0. The van der Waals surface area contributed by atoms with Gasteiger partial charge in [-0.3, -0.25) is 9.69 Å². The SMILES string of the molecule is CC(C)(C)OC(=O)N1CC2(C1)OC=CC2=O. The molecule has 2 heterocycles. The third-order valence-electron chi connectivity index (χ3n) is 2.51. The predicted octanol–water partition coefficient (Wildman–Crippen LogP) is 1.09. The van der Waals surface area contributed by atoms with E-state index in [1.807, 2.05) is 0 Å². The van der Waals surface area contributed by atoms with Gasteiger partial charge >= 0.3 is 6.09 Å². The van der Waals surface area contributed by atoms with Gasteiger partial charge in [-0.15, -0.1) is 0 Å². The molecule has 0 aromatic carbocycles. The fourth-order valence-electron chi connectivity index (χ4n) is 1.69. The van der Waals surface area contributed by atoms with Crippen LogP contribution in [-0.4, -0.2) is 41.1 Å². The Balaban J connectivity index is 1.89. The minimum Gasteiger partial charge on any atom is -0.483 e. The molecule has 0 N–H and O–H groups in total. The zero-order valence-electron chi connectivity index (χ0n) is 9.65. The first kappa shape index (κ1) is 11.0. The predicted molar refractivity (Wildman–Crippen MR) is 55.8 cm³/mol. The second-order valence-corrected chi connectivity index (χ2v) is 5.12. The summed E-state index contributed by atoms with van der Waals surface area (Å²) < 4.78 is 10.4. The first-order valence-corrected chi connectivity index (χ1v) is 5.19. The Morgan fingerprint density at radius 2 is 2.12 bits per heavy atom. The molecule has 5 nitrogen and oxygen atoms in total. The number of ether oxygens (including phenoxy) is 2. The van der Waals surface area contributed by atoms with Gasteiger partial charge in [0.1, 0.15) is 5.60 Å². The van der Waals surface area contributed by atoms with Gasteiger partial charge in [-0.25, -0.2) is 4.79 Å². The summed E-state index contributed by atoms with van der Waals surface area (Å²) in [6.45, 7) is 5.96. The molecule has 0 aliphatic carbocycles. The van der Waals surface area contributed by atoms with Gasteiger partial charge in [-0.05, 0) is 20.8 Å². The number of ketones is 1. The number of carbonyl (C=O) groups is 2. The van der Waals surface area contributed by atoms with Crippen LogP contribution in [0.3, 0.4) is 0 Å². The van der Waals surface area contributed by atoms with Gasteiger partial charge in [0.15, 0.2) is 0 Å². The van der Waals surface area contributed by atoms with Crippen LogP contribution in [0.4, 0.5) is 4.79 Å². The smallest absolute Gasteiger partial charge is 0.410 e. The molecule has 1 fully saturated rings. The van der Waals surface area contributed by atoms with E-state index in [1.54, 1.807) is 20.8 Å². The lowest BCUT2D eigenvalue weighted by atomic mass is 9.91. The topological polar surface area (TPSA) is 55.8 Å². The van der Waals surface area contributed by atoms with Gasteiger partial charge in [-0.2, -0.15) is 0 Å². The Bertz CT molecular complexity index is 361. The zero-order valence-corrected chi connectivity index (χ0v) is 9.65. The second kappa shape index (κ2) is 3.23. The number of likely N-dealkylation sites (tertiary alicyclic amines) is 1. The van der Waals surface area contributed by atoms with E-state index < -0.39 is 17.3 Å². The highest BCUT2D eigenvalue weighted by molar-refractivity contribution is 6.00. The maximum absolute atomic E-state index is 11.6. The largest absolute Gasteiger partial charge is 0.483 e. The monoisotopic (exact) mass is 225 g/mol. The maximum atomic E-state index is 11.6. The molecule has 0 aromatic rings. The molecule has 0 radical (unpaired) electrons. The van der Waals surface area contributed by atoms with E-state index in [2.05, 4.69) is 0 Å². The van der Waals surface area contributed by atoms with Crippen molar-refractivity contribution >= 4 is 11.9 Å². The van der Waals surface area contributed by atoms with Crippen LogP contribution in [0.1, 0.15) is 20.8 Å². The highest BCUT2D eigenvalue weighted by Gasteiger charge is 2.54. The van der Waals surface area contributed by atoms with Gasteiger partial charge in [0.05, 0.1) is 19.4 Å².